The zero-order valence-corrected chi connectivity index (χ0v) is 16.4. The van der Waals surface area contributed by atoms with E-state index in [9.17, 15) is 14.4 Å². The van der Waals surface area contributed by atoms with Gasteiger partial charge in [-0.25, -0.2) is 0 Å². The van der Waals surface area contributed by atoms with Crippen molar-refractivity contribution in [3.05, 3.63) is 53.1 Å². The Morgan fingerprint density at radius 3 is 2.64 bits per heavy atom. The number of hydrogen-bond acceptors (Lipinski definition) is 4. The summed E-state index contributed by atoms with van der Waals surface area (Å²) < 4.78 is 5.45. The van der Waals surface area contributed by atoms with Gasteiger partial charge in [0.05, 0.1) is 5.69 Å². The van der Waals surface area contributed by atoms with Crippen molar-refractivity contribution >= 4 is 29.1 Å². The monoisotopic (exact) mass is 381 g/mol. The van der Waals surface area contributed by atoms with Gasteiger partial charge in [-0.1, -0.05) is 12.1 Å². The fourth-order valence-electron chi connectivity index (χ4n) is 2.99. The van der Waals surface area contributed by atoms with Gasteiger partial charge in [0.2, 0.25) is 5.91 Å². The number of nitrogens with zero attached hydrogens (tertiary/aromatic N) is 2. The third-order valence-corrected chi connectivity index (χ3v) is 4.74. The molecule has 1 aliphatic heterocycles. The molecule has 0 aliphatic carbocycles. The Balaban J connectivity index is 1.85. The molecule has 3 amide bonds. The van der Waals surface area contributed by atoms with Gasteiger partial charge in [-0.15, -0.1) is 0 Å². The molecule has 0 saturated heterocycles. The Morgan fingerprint density at radius 1 is 1.18 bits per heavy atom. The first kappa shape index (κ1) is 19.4. The van der Waals surface area contributed by atoms with Crippen molar-refractivity contribution < 1.29 is 19.1 Å². The lowest BCUT2D eigenvalue weighted by Crippen LogP contribution is -2.43. The van der Waals surface area contributed by atoms with E-state index in [-0.39, 0.29) is 30.9 Å². The molecule has 1 N–H and O–H groups in total. The van der Waals surface area contributed by atoms with Crippen LogP contribution in [-0.4, -0.2) is 49.9 Å². The summed E-state index contributed by atoms with van der Waals surface area (Å²) in [6, 6.07) is 10.5. The van der Waals surface area contributed by atoms with Crippen molar-refractivity contribution in [3.63, 3.8) is 0 Å². The maximum absolute atomic E-state index is 12.6. The van der Waals surface area contributed by atoms with Gasteiger partial charge in [0.1, 0.15) is 12.3 Å². The van der Waals surface area contributed by atoms with E-state index in [0.717, 1.165) is 11.1 Å². The molecule has 1 aliphatic rings. The van der Waals surface area contributed by atoms with E-state index in [0.29, 0.717) is 22.7 Å². The number of fused-ring (bicyclic) bond motifs is 1. The molecule has 146 valence electrons. The zero-order chi connectivity index (χ0) is 20.4. The van der Waals surface area contributed by atoms with Crippen molar-refractivity contribution in [3.8, 4) is 5.75 Å². The highest BCUT2D eigenvalue weighted by atomic mass is 16.5. The normalized spacial score (nSPS) is 12.9. The topological polar surface area (TPSA) is 79.0 Å². The molecule has 2 aromatic rings. The van der Waals surface area contributed by atoms with Crippen molar-refractivity contribution in [2.75, 3.05) is 37.5 Å². The average molecular weight is 381 g/mol. The molecule has 2 aromatic carbocycles. The second-order valence-electron chi connectivity index (χ2n) is 6.95. The third-order valence-electron chi connectivity index (χ3n) is 4.74. The predicted molar refractivity (Wildman–Crippen MR) is 107 cm³/mol. The van der Waals surface area contributed by atoms with Gasteiger partial charge in [0.25, 0.3) is 11.8 Å². The number of carbonyl (C=O) groups excluding carboxylic acids is 3. The average Bonchev–Trinajstić information content (AvgIpc) is 2.66. The molecule has 0 saturated carbocycles. The summed E-state index contributed by atoms with van der Waals surface area (Å²) in [7, 11) is 3.30. The van der Waals surface area contributed by atoms with Gasteiger partial charge < -0.3 is 15.0 Å². The summed E-state index contributed by atoms with van der Waals surface area (Å²) in [4.78, 5) is 40.1. The van der Waals surface area contributed by atoms with Gasteiger partial charge in [0, 0.05) is 25.3 Å². The lowest BCUT2D eigenvalue weighted by atomic mass is 10.1. The molecule has 0 spiro atoms. The van der Waals surface area contributed by atoms with Crippen LogP contribution >= 0.6 is 0 Å². The molecule has 7 heteroatoms. The molecule has 0 unspecified atom stereocenters. The van der Waals surface area contributed by atoms with E-state index in [2.05, 4.69) is 5.32 Å². The van der Waals surface area contributed by atoms with E-state index in [1.165, 1.54) is 9.80 Å². The molecule has 0 fully saturated rings. The van der Waals surface area contributed by atoms with Crippen molar-refractivity contribution in [2.24, 2.45) is 0 Å². The van der Waals surface area contributed by atoms with E-state index >= 15 is 0 Å². The minimum Gasteiger partial charge on any atom is -0.482 e. The minimum absolute atomic E-state index is 0.148. The first-order chi connectivity index (χ1) is 13.3. The number of rotatable bonds is 4. The highest BCUT2D eigenvalue weighted by Gasteiger charge is 2.28. The zero-order valence-electron chi connectivity index (χ0n) is 16.4. The molecule has 7 nitrogen and oxygen atoms in total. The summed E-state index contributed by atoms with van der Waals surface area (Å²) in [6.45, 7) is 3.59. The number of benzene rings is 2. The van der Waals surface area contributed by atoms with E-state index in [4.69, 9.17) is 4.74 Å². The van der Waals surface area contributed by atoms with Crippen LogP contribution in [-0.2, 0) is 9.59 Å². The van der Waals surface area contributed by atoms with Gasteiger partial charge in [0.15, 0.2) is 6.61 Å². The van der Waals surface area contributed by atoms with E-state index in [1.54, 1.807) is 32.3 Å². The largest absolute Gasteiger partial charge is 0.482 e. The Morgan fingerprint density at radius 2 is 1.93 bits per heavy atom. The van der Waals surface area contributed by atoms with Crippen LogP contribution in [0.25, 0.3) is 0 Å². The number of carbonyl (C=O) groups is 3. The van der Waals surface area contributed by atoms with Crippen LogP contribution in [0, 0.1) is 13.8 Å². The highest BCUT2D eigenvalue weighted by Crippen LogP contribution is 2.33. The molecule has 3 rings (SSSR count). The van der Waals surface area contributed by atoms with E-state index < -0.39 is 0 Å². The predicted octanol–water partition coefficient (Wildman–Crippen LogP) is 2.37. The second-order valence-corrected chi connectivity index (χ2v) is 6.95. The van der Waals surface area contributed by atoms with Crippen molar-refractivity contribution in [1.29, 1.82) is 0 Å². The second kappa shape index (κ2) is 7.72. The van der Waals surface area contributed by atoms with Gasteiger partial charge in [-0.2, -0.15) is 0 Å². The number of ether oxygens (including phenoxy) is 1. The number of anilines is 2. The van der Waals surface area contributed by atoms with Gasteiger partial charge >= 0.3 is 0 Å². The molecule has 0 radical (unpaired) electrons. The SMILES string of the molecule is Cc1cccc(NC(=O)CN2C(=O)COc3ccc(C(=O)N(C)C)cc32)c1C. The standard InChI is InChI=1S/C21H23N3O4/c1-13-6-5-7-16(14(13)2)22-19(25)11-24-17-10-15(21(27)23(3)4)8-9-18(17)28-12-20(24)26/h5-10H,11-12H2,1-4H3,(H,22,25). The van der Waals surface area contributed by atoms with Crippen LogP contribution < -0.4 is 15.0 Å². The first-order valence-electron chi connectivity index (χ1n) is 8.93. The molecular formula is C21H23N3O4. The Labute approximate surface area is 163 Å². The maximum Gasteiger partial charge on any atom is 0.265 e. The van der Waals surface area contributed by atoms with Crippen LogP contribution in [0.4, 0.5) is 11.4 Å². The van der Waals surface area contributed by atoms with Crippen LogP contribution in [0.5, 0.6) is 5.75 Å². The van der Waals surface area contributed by atoms with Crippen LogP contribution in [0.2, 0.25) is 0 Å². The minimum atomic E-state index is -0.335. The molecule has 0 bridgehead atoms. The fraction of sp³-hybridized carbons (Fsp3) is 0.286. The molecular weight excluding hydrogens is 358 g/mol. The van der Waals surface area contributed by atoms with Crippen LogP contribution in [0.15, 0.2) is 36.4 Å². The van der Waals surface area contributed by atoms with Gasteiger partial charge in [-0.05, 0) is 49.2 Å². The van der Waals surface area contributed by atoms with Crippen molar-refractivity contribution in [1.82, 2.24) is 4.90 Å². The molecule has 1 heterocycles. The number of amides is 3. The van der Waals surface area contributed by atoms with Crippen LogP contribution in [0.1, 0.15) is 21.5 Å². The third kappa shape index (κ3) is 3.83. The Bertz CT molecular complexity index is 953. The lowest BCUT2D eigenvalue weighted by molar-refractivity contribution is -0.123. The molecule has 28 heavy (non-hydrogen) atoms. The summed E-state index contributed by atoms with van der Waals surface area (Å²) in [5.74, 6) is -0.382. The summed E-state index contributed by atoms with van der Waals surface area (Å²) in [5, 5.41) is 2.86. The Kier molecular flexibility index (Phi) is 5.35. The molecule has 0 atom stereocenters. The molecule has 0 aromatic heterocycles. The number of aryl methyl sites for hydroxylation is 1. The van der Waals surface area contributed by atoms with E-state index in [1.807, 2.05) is 32.0 Å². The fourth-order valence-corrected chi connectivity index (χ4v) is 2.99. The smallest absolute Gasteiger partial charge is 0.265 e. The number of nitrogens with one attached hydrogen (secondary N) is 1. The Hall–Kier alpha value is -3.35. The summed E-state index contributed by atoms with van der Waals surface area (Å²) in [5.41, 5.74) is 3.59. The quantitative estimate of drug-likeness (QED) is 0.882. The number of hydrogen-bond donors (Lipinski definition) is 1. The highest BCUT2D eigenvalue weighted by molar-refractivity contribution is 6.06. The lowest BCUT2D eigenvalue weighted by Gasteiger charge is -2.29. The van der Waals surface area contributed by atoms with Crippen LogP contribution in [0.3, 0.4) is 0 Å². The summed E-state index contributed by atoms with van der Waals surface area (Å²) >= 11 is 0. The maximum atomic E-state index is 12.6. The van der Waals surface area contributed by atoms with Gasteiger partial charge in [-0.3, -0.25) is 19.3 Å². The van der Waals surface area contributed by atoms with Crippen molar-refractivity contribution in [2.45, 2.75) is 13.8 Å². The first-order valence-corrected chi connectivity index (χ1v) is 8.93. The summed E-state index contributed by atoms with van der Waals surface area (Å²) in [6.07, 6.45) is 0.